The average Bonchev–Trinajstić information content (AvgIpc) is 2.89. The van der Waals surface area contributed by atoms with Crippen molar-refractivity contribution in [2.24, 2.45) is 5.10 Å². The fourth-order valence-corrected chi connectivity index (χ4v) is 4.01. The molecule has 0 bridgehead atoms. The van der Waals surface area contributed by atoms with E-state index in [-0.39, 0.29) is 5.56 Å². The summed E-state index contributed by atoms with van der Waals surface area (Å²) in [7, 11) is 0. The zero-order valence-corrected chi connectivity index (χ0v) is 20.8. The SMILES string of the molecule is Cc1cccc(C(=O)Oc2ccccc2C=Nn2c(-c3ccc(Br)cc3)nc3ccccc3c2=O)c1. The topological polar surface area (TPSA) is 73.5 Å². The van der Waals surface area contributed by atoms with E-state index >= 15 is 0 Å². The van der Waals surface area contributed by atoms with Gasteiger partial charge in [-0.1, -0.05) is 70.0 Å². The Morgan fingerprint density at radius 1 is 0.944 bits per heavy atom. The average molecular weight is 538 g/mol. The van der Waals surface area contributed by atoms with Crippen molar-refractivity contribution >= 4 is 39.0 Å². The van der Waals surface area contributed by atoms with Crippen molar-refractivity contribution in [3.8, 4) is 17.1 Å². The number of hydrogen-bond acceptors (Lipinski definition) is 5. The quantitative estimate of drug-likeness (QED) is 0.151. The van der Waals surface area contributed by atoms with Gasteiger partial charge in [-0.25, -0.2) is 9.78 Å². The van der Waals surface area contributed by atoms with Crippen LogP contribution in [0.1, 0.15) is 21.5 Å². The number of para-hydroxylation sites is 2. The molecule has 0 amide bonds. The van der Waals surface area contributed by atoms with Gasteiger partial charge in [-0.05, 0) is 55.5 Å². The van der Waals surface area contributed by atoms with Gasteiger partial charge < -0.3 is 4.74 Å². The first-order valence-electron chi connectivity index (χ1n) is 11.2. The van der Waals surface area contributed by atoms with E-state index in [0.717, 1.165) is 15.6 Å². The van der Waals surface area contributed by atoms with Crippen LogP contribution in [0.25, 0.3) is 22.3 Å². The number of nitrogens with zero attached hydrogens (tertiary/aromatic N) is 3. The minimum Gasteiger partial charge on any atom is -0.422 e. The number of carbonyl (C=O) groups excluding carboxylic acids is 1. The molecule has 0 unspecified atom stereocenters. The van der Waals surface area contributed by atoms with E-state index in [0.29, 0.717) is 33.6 Å². The number of aryl methyl sites for hydroxylation is 1. The summed E-state index contributed by atoms with van der Waals surface area (Å²) in [4.78, 5) is 30.8. The number of aromatic nitrogens is 2. The maximum absolute atomic E-state index is 13.4. The zero-order valence-electron chi connectivity index (χ0n) is 19.3. The van der Waals surface area contributed by atoms with Crippen LogP contribution in [0.3, 0.4) is 0 Å². The highest BCUT2D eigenvalue weighted by molar-refractivity contribution is 9.10. The number of fused-ring (bicyclic) bond motifs is 1. The first-order valence-corrected chi connectivity index (χ1v) is 12.0. The van der Waals surface area contributed by atoms with Crippen LogP contribution in [0.5, 0.6) is 5.75 Å². The van der Waals surface area contributed by atoms with E-state index in [2.05, 4.69) is 21.0 Å². The Morgan fingerprint density at radius 2 is 1.69 bits per heavy atom. The van der Waals surface area contributed by atoms with Crippen molar-refractivity contribution < 1.29 is 9.53 Å². The molecular weight excluding hydrogens is 518 g/mol. The number of hydrogen-bond donors (Lipinski definition) is 0. The van der Waals surface area contributed by atoms with Gasteiger partial charge in [0.1, 0.15) is 5.75 Å². The Morgan fingerprint density at radius 3 is 2.50 bits per heavy atom. The summed E-state index contributed by atoms with van der Waals surface area (Å²) in [6, 6.07) is 28.9. The smallest absolute Gasteiger partial charge is 0.343 e. The van der Waals surface area contributed by atoms with Crippen LogP contribution in [0.15, 0.2) is 111 Å². The Labute approximate surface area is 215 Å². The van der Waals surface area contributed by atoms with Gasteiger partial charge in [0, 0.05) is 15.6 Å². The van der Waals surface area contributed by atoms with E-state index in [1.807, 2.05) is 55.5 Å². The number of carbonyl (C=O) groups is 1. The Kier molecular flexibility index (Phi) is 6.56. The second-order valence-electron chi connectivity index (χ2n) is 8.12. The first-order chi connectivity index (χ1) is 17.5. The first kappa shape index (κ1) is 23.4. The lowest BCUT2D eigenvalue weighted by molar-refractivity contribution is 0.0734. The molecule has 5 rings (SSSR count). The molecule has 0 fully saturated rings. The lowest BCUT2D eigenvalue weighted by atomic mass is 10.1. The van der Waals surface area contributed by atoms with Crippen LogP contribution in [-0.4, -0.2) is 21.8 Å². The Balaban J connectivity index is 1.57. The molecule has 0 aliphatic heterocycles. The van der Waals surface area contributed by atoms with Crippen molar-refractivity contribution in [1.29, 1.82) is 0 Å². The molecule has 1 heterocycles. The monoisotopic (exact) mass is 537 g/mol. The normalized spacial score (nSPS) is 11.2. The molecule has 176 valence electrons. The van der Waals surface area contributed by atoms with Crippen LogP contribution in [0.4, 0.5) is 0 Å². The maximum atomic E-state index is 13.4. The molecule has 0 N–H and O–H groups in total. The number of halogens is 1. The second kappa shape index (κ2) is 10.1. The molecule has 0 aliphatic carbocycles. The molecular formula is C29H20BrN3O3. The number of benzene rings is 4. The van der Waals surface area contributed by atoms with Crippen molar-refractivity contribution in [1.82, 2.24) is 9.66 Å². The molecule has 36 heavy (non-hydrogen) atoms. The molecule has 0 radical (unpaired) electrons. The fraction of sp³-hybridized carbons (Fsp3) is 0.0345. The summed E-state index contributed by atoms with van der Waals surface area (Å²) < 4.78 is 7.84. The van der Waals surface area contributed by atoms with E-state index in [9.17, 15) is 9.59 Å². The van der Waals surface area contributed by atoms with Gasteiger partial charge >= 0.3 is 5.97 Å². The molecule has 0 atom stereocenters. The van der Waals surface area contributed by atoms with Gasteiger partial charge in [0.25, 0.3) is 5.56 Å². The molecule has 4 aromatic carbocycles. The summed E-state index contributed by atoms with van der Waals surface area (Å²) in [5, 5.41) is 4.95. The van der Waals surface area contributed by atoms with Gasteiger partial charge in [0.05, 0.1) is 22.7 Å². The Bertz CT molecular complexity index is 1670. The number of rotatable bonds is 5. The number of ether oxygens (including phenoxy) is 1. The van der Waals surface area contributed by atoms with Gasteiger partial charge in [0.15, 0.2) is 5.82 Å². The molecule has 1 aromatic heterocycles. The summed E-state index contributed by atoms with van der Waals surface area (Å²) in [5.74, 6) is 0.260. The highest BCUT2D eigenvalue weighted by Gasteiger charge is 2.14. The van der Waals surface area contributed by atoms with Gasteiger partial charge in [-0.3, -0.25) is 4.79 Å². The third-order valence-electron chi connectivity index (χ3n) is 5.54. The fourth-order valence-electron chi connectivity index (χ4n) is 3.75. The molecule has 6 nitrogen and oxygen atoms in total. The summed E-state index contributed by atoms with van der Waals surface area (Å²) in [5.41, 5.74) is 2.97. The van der Waals surface area contributed by atoms with Crippen molar-refractivity contribution in [2.75, 3.05) is 0 Å². The summed E-state index contributed by atoms with van der Waals surface area (Å²) in [6.07, 6.45) is 1.50. The largest absolute Gasteiger partial charge is 0.422 e. The Hall–Kier alpha value is -4.36. The molecule has 5 aromatic rings. The van der Waals surface area contributed by atoms with Crippen LogP contribution in [-0.2, 0) is 0 Å². The van der Waals surface area contributed by atoms with Gasteiger partial charge in [-0.2, -0.15) is 9.78 Å². The lowest BCUT2D eigenvalue weighted by Crippen LogP contribution is -2.20. The molecule has 0 aliphatic rings. The van der Waals surface area contributed by atoms with Crippen LogP contribution in [0, 0.1) is 6.92 Å². The predicted molar refractivity (Wildman–Crippen MR) is 145 cm³/mol. The van der Waals surface area contributed by atoms with E-state index in [4.69, 9.17) is 9.72 Å². The summed E-state index contributed by atoms with van der Waals surface area (Å²) in [6.45, 7) is 1.91. The third-order valence-corrected chi connectivity index (χ3v) is 6.07. The van der Waals surface area contributed by atoms with Crippen molar-refractivity contribution in [2.45, 2.75) is 6.92 Å². The zero-order chi connectivity index (χ0) is 25.1. The molecule has 0 spiro atoms. The predicted octanol–water partition coefficient (Wildman–Crippen LogP) is 6.24. The van der Waals surface area contributed by atoms with Crippen LogP contribution < -0.4 is 10.3 Å². The van der Waals surface area contributed by atoms with E-state index < -0.39 is 5.97 Å². The third kappa shape index (κ3) is 4.87. The minimum absolute atomic E-state index is 0.302. The van der Waals surface area contributed by atoms with Crippen molar-refractivity contribution in [3.63, 3.8) is 0 Å². The summed E-state index contributed by atoms with van der Waals surface area (Å²) >= 11 is 3.44. The highest BCUT2D eigenvalue weighted by Crippen LogP contribution is 2.22. The van der Waals surface area contributed by atoms with Crippen LogP contribution >= 0.6 is 15.9 Å². The molecule has 0 saturated heterocycles. The minimum atomic E-state index is -0.473. The van der Waals surface area contributed by atoms with Gasteiger partial charge in [0.2, 0.25) is 0 Å². The lowest BCUT2D eigenvalue weighted by Gasteiger charge is -2.10. The highest BCUT2D eigenvalue weighted by atomic mass is 79.9. The van der Waals surface area contributed by atoms with E-state index in [1.54, 1.807) is 48.5 Å². The van der Waals surface area contributed by atoms with E-state index in [1.165, 1.54) is 10.9 Å². The molecule has 0 saturated carbocycles. The molecule has 7 heteroatoms. The van der Waals surface area contributed by atoms with Crippen molar-refractivity contribution in [3.05, 3.63) is 129 Å². The number of esters is 1. The van der Waals surface area contributed by atoms with Crippen LogP contribution in [0.2, 0.25) is 0 Å². The van der Waals surface area contributed by atoms with Gasteiger partial charge in [-0.15, -0.1) is 0 Å². The second-order valence-corrected chi connectivity index (χ2v) is 9.03. The standard InChI is InChI=1S/C29H20BrN3O3/c1-19-7-6-9-21(17-19)29(35)36-26-12-5-2-8-22(26)18-31-33-27(20-13-15-23(30)16-14-20)32-25-11-4-3-10-24(25)28(33)34/h2-18H,1H3. The maximum Gasteiger partial charge on any atom is 0.343 e.